The second-order valence-corrected chi connectivity index (χ2v) is 8.09. The molecule has 1 aliphatic heterocycles. The summed E-state index contributed by atoms with van der Waals surface area (Å²) in [7, 11) is 0. The number of nitrogens with one attached hydrogen (secondary N) is 3. The van der Waals surface area contributed by atoms with Crippen LogP contribution in [0.3, 0.4) is 0 Å². The molecule has 6 heteroatoms. The Morgan fingerprint density at radius 1 is 1.17 bits per heavy atom. The van der Waals surface area contributed by atoms with E-state index in [0.717, 1.165) is 23.4 Å². The minimum Gasteiger partial charge on any atom is -0.463 e. The summed E-state index contributed by atoms with van der Waals surface area (Å²) in [5.74, 6) is 0.789. The number of imidazole rings is 1. The van der Waals surface area contributed by atoms with Gasteiger partial charge in [-0.3, -0.25) is 0 Å². The number of hydrogen-bond acceptors (Lipinski definition) is 5. The molecular formula is C18H27N5O. The Balaban J connectivity index is 1.63. The normalized spacial score (nSPS) is 18.4. The van der Waals surface area contributed by atoms with Crippen molar-refractivity contribution in [3.63, 3.8) is 0 Å². The second kappa shape index (κ2) is 6.00. The molecule has 3 rings (SSSR count). The van der Waals surface area contributed by atoms with E-state index in [-0.39, 0.29) is 17.1 Å². The van der Waals surface area contributed by atoms with E-state index in [4.69, 9.17) is 4.74 Å². The van der Waals surface area contributed by atoms with Gasteiger partial charge in [0.05, 0.1) is 17.1 Å². The summed E-state index contributed by atoms with van der Waals surface area (Å²) in [5.41, 5.74) is 1.81. The number of hydrogen-bond donors (Lipinski definition) is 3. The lowest BCUT2D eigenvalue weighted by Crippen LogP contribution is -2.40. The van der Waals surface area contributed by atoms with Gasteiger partial charge in [-0.25, -0.2) is 9.98 Å². The lowest BCUT2D eigenvalue weighted by Gasteiger charge is -2.27. The van der Waals surface area contributed by atoms with Crippen LogP contribution in [0.2, 0.25) is 0 Å². The average Bonchev–Trinajstić information content (AvgIpc) is 3.01. The average molecular weight is 329 g/mol. The lowest BCUT2D eigenvalue weighted by molar-refractivity contribution is 0.277. The second-order valence-electron chi connectivity index (χ2n) is 8.09. The largest absolute Gasteiger partial charge is 0.463 e. The van der Waals surface area contributed by atoms with Crippen LogP contribution < -0.4 is 10.6 Å². The fourth-order valence-electron chi connectivity index (χ4n) is 2.88. The summed E-state index contributed by atoms with van der Waals surface area (Å²) >= 11 is 0. The van der Waals surface area contributed by atoms with Crippen LogP contribution in [0, 0.1) is 0 Å². The quantitative estimate of drug-likeness (QED) is 0.805. The molecule has 1 aliphatic rings. The maximum atomic E-state index is 5.67. The number of para-hydroxylation sites is 2. The summed E-state index contributed by atoms with van der Waals surface area (Å²) in [5, 5.41) is 6.78. The number of benzene rings is 1. The van der Waals surface area contributed by atoms with Crippen molar-refractivity contribution in [3.8, 4) is 0 Å². The van der Waals surface area contributed by atoms with Crippen molar-refractivity contribution in [3.05, 3.63) is 24.3 Å². The van der Waals surface area contributed by atoms with Gasteiger partial charge in [-0.05, 0) is 53.2 Å². The van der Waals surface area contributed by atoms with Crippen molar-refractivity contribution in [2.45, 2.75) is 58.2 Å². The van der Waals surface area contributed by atoms with Gasteiger partial charge >= 0.3 is 0 Å². The van der Waals surface area contributed by atoms with E-state index in [0.29, 0.717) is 12.6 Å². The lowest BCUT2D eigenvalue weighted by atomic mass is 9.96. The van der Waals surface area contributed by atoms with Crippen molar-refractivity contribution in [2.24, 2.45) is 4.99 Å². The van der Waals surface area contributed by atoms with Crippen LogP contribution in [0.25, 0.3) is 11.0 Å². The number of anilines is 1. The zero-order chi connectivity index (χ0) is 17.4. The van der Waals surface area contributed by atoms with E-state index in [1.807, 2.05) is 24.3 Å². The van der Waals surface area contributed by atoms with Gasteiger partial charge in [0.25, 0.3) is 6.02 Å². The molecule has 2 heterocycles. The number of nitrogens with zero attached hydrogens (tertiary/aromatic N) is 2. The molecule has 0 saturated heterocycles. The summed E-state index contributed by atoms with van der Waals surface area (Å²) in [4.78, 5) is 12.6. The van der Waals surface area contributed by atoms with Crippen molar-refractivity contribution in [1.29, 1.82) is 0 Å². The van der Waals surface area contributed by atoms with Crippen LogP contribution in [0.5, 0.6) is 0 Å². The maximum absolute atomic E-state index is 5.67. The van der Waals surface area contributed by atoms with Crippen molar-refractivity contribution >= 4 is 23.0 Å². The van der Waals surface area contributed by atoms with E-state index in [2.05, 4.69) is 60.2 Å². The van der Waals surface area contributed by atoms with Crippen LogP contribution in [-0.4, -0.2) is 39.7 Å². The van der Waals surface area contributed by atoms with Gasteiger partial charge in [0, 0.05) is 11.1 Å². The highest BCUT2D eigenvalue weighted by Crippen LogP contribution is 2.23. The smallest absolute Gasteiger partial charge is 0.285 e. The Morgan fingerprint density at radius 3 is 2.62 bits per heavy atom. The number of aliphatic imine (C=N–C) groups is 1. The number of H-pyrrole nitrogens is 1. The molecule has 0 fully saturated rings. The molecule has 0 radical (unpaired) electrons. The van der Waals surface area contributed by atoms with Gasteiger partial charge in [0.15, 0.2) is 0 Å². The first-order chi connectivity index (χ1) is 11.2. The van der Waals surface area contributed by atoms with Crippen LogP contribution in [-0.2, 0) is 4.74 Å². The third-order valence-electron chi connectivity index (χ3n) is 3.79. The number of ether oxygens (including phenoxy) is 1. The van der Waals surface area contributed by atoms with E-state index in [9.17, 15) is 0 Å². The molecule has 0 aliphatic carbocycles. The Labute approximate surface area is 143 Å². The van der Waals surface area contributed by atoms with Gasteiger partial charge in [-0.2, -0.15) is 0 Å². The SMILES string of the molecule is CC(C)(C)NC1=NC(CC(C)(C)Nc2nc3ccccc3[nH]2)CO1. The molecule has 0 saturated carbocycles. The molecule has 0 spiro atoms. The summed E-state index contributed by atoms with van der Waals surface area (Å²) in [6.45, 7) is 11.2. The molecule has 2 aromatic rings. The van der Waals surface area contributed by atoms with Crippen molar-refractivity contribution in [1.82, 2.24) is 15.3 Å². The molecule has 0 amide bonds. The minimum absolute atomic E-state index is 0.0459. The Kier molecular flexibility index (Phi) is 4.15. The Hall–Kier alpha value is -2.24. The molecular weight excluding hydrogens is 302 g/mol. The summed E-state index contributed by atoms with van der Waals surface area (Å²) in [6, 6.07) is 8.81. The standard InChI is InChI=1S/C18H27N5O/c1-17(2,3)23-16-19-12(11-24-16)10-18(4,5)22-15-20-13-8-6-7-9-14(13)21-15/h6-9,12H,10-11H2,1-5H3,(H,19,23)(H2,20,21,22). The van der Waals surface area contributed by atoms with Gasteiger partial charge in [-0.15, -0.1) is 0 Å². The molecule has 6 nitrogen and oxygen atoms in total. The first-order valence-corrected chi connectivity index (χ1v) is 8.42. The van der Waals surface area contributed by atoms with Gasteiger partial charge in [0.1, 0.15) is 6.61 Å². The molecule has 1 aromatic carbocycles. The van der Waals surface area contributed by atoms with E-state index in [1.165, 1.54) is 0 Å². The van der Waals surface area contributed by atoms with Crippen molar-refractivity contribution < 1.29 is 4.74 Å². The third kappa shape index (κ3) is 4.19. The van der Waals surface area contributed by atoms with E-state index >= 15 is 0 Å². The zero-order valence-electron chi connectivity index (χ0n) is 15.1. The highest BCUT2D eigenvalue weighted by Gasteiger charge is 2.29. The molecule has 3 N–H and O–H groups in total. The van der Waals surface area contributed by atoms with Crippen LogP contribution in [0.15, 0.2) is 29.3 Å². The van der Waals surface area contributed by atoms with Gasteiger partial charge in [-0.1, -0.05) is 12.1 Å². The number of amidine groups is 1. The minimum atomic E-state index is -0.150. The molecule has 1 unspecified atom stereocenters. The highest BCUT2D eigenvalue weighted by molar-refractivity contribution is 5.77. The van der Waals surface area contributed by atoms with Gasteiger partial charge < -0.3 is 20.4 Å². The number of rotatable bonds is 4. The maximum Gasteiger partial charge on any atom is 0.285 e. The predicted octanol–water partition coefficient (Wildman–Crippen LogP) is 3.29. The molecule has 24 heavy (non-hydrogen) atoms. The topological polar surface area (TPSA) is 74.3 Å². The van der Waals surface area contributed by atoms with E-state index in [1.54, 1.807) is 0 Å². The number of fused-ring (bicyclic) bond motifs is 1. The predicted molar refractivity (Wildman–Crippen MR) is 98.5 cm³/mol. The molecule has 0 bridgehead atoms. The van der Waals surface area contributed by atoms with Crippen LogP contribution in [0.4, 0.5) is 5.95 Å². The first-order valence-electron chi connectivity index (χ1n) is 8.42. The summed E-state index contributed by atoms with van der Waals surface area (Å²) < 4.78 is 5.67. The zero-order valence-corrected chi connectivity index (χ0v) is 15.1. The highest BCUT2D eigenvalue weighted by atomic mass is 16.5. The van der Waals surface area contributed by atoms with Gasteiger partial charge in [0.2, 0.25) is 5.95 Å². The number of aromatic nitrogens is 2. The van der Waals surface area contributed by atoms with Crippen LogP contribution in [0.1, 0.15) is 41.0 Å². The Morgan fingerprint density at radius 2 is 1.92 bits per heavy atom. The summed E-state index contributed by atoms with van der Waals surface area (Å²) in [6.07, 6.45) is 0.860. The fourth-order valence-corrected chi connectivity index (χ4v) is 2.88. The molecule has 1 aromatic heterocycles. The third-order valence-corrected chi connectivity index (χ3v) is 3.79. The van der Waals surface area contributed by atoms with E-state index < -0.39 is 0 Å². The Bertz CT molecular complexity index is 708. The molecule has 1 atom stereocenters. The fraction of sp³-hybridized carbons (Fsp3) is 0.556. The van der Waals surface area contributed by atoms with Crippen LogP contribution >= 0.6 is 0 Å². The van der Waals surface area contributed by atoms with Crippen molar-refractivity contribution in [2.75, 3.05) is 11.9 Å². The molecule has 130 valence electrons. The number of aromatic amines is 1. The first kappa shape index (κ1) is 16.6. The monoisotopic (exact) mass is 329 g/mol.